The first-order valence-corrected chi connectivity index (χ1v) is 11.1. The monoisotopic (exact) mass is 433 g/mol. The molecule has 0 saturated carbocycles. The molecule has 1 unspecified atom stereocenters. The summed E-state index contributed by atoms with van der Waals surface area (Å²) in [5.74, 6) is 1.11. The van der Waals surface area contributed by atoms with Crippen LogP contribution in [0.1, 0.15) is 38.2 Å². The molecule has 0 aromatic heterocycles. The third kappa shape index (κ3) is 2.94. The number of aryl methyl sites for hydroxylation is 1. The Bertz CT molecular complexity index is 1390. The number of anilines is 1. The van der Waals surface area contributed by atoms with Crippen LogP contribution in [0.4, 0.5) is 5.69 Å². The average molecular weight is 434 g/mol. The highest BCUT2D eigenvalue weighted by Crippen LogP contribution is 2.56. The van der Waals surface area contributed by atoms with Crippen molar-refractivity contribution in [2.45, 2.75) is 19.1 Å². The summed E-state index contributed by atoms with van der Waals surface area (Å²) in [7, 11) is 2.08. The van der Waals surface area contributed by atoms with Crippen LogP contribution < -0.4 is 9.64 Å². The smallest absolute Gasteiger partial charge is 0.340 e. The van der Waals surface area contributed by atoms with Crippen molar-refractivity contribution in [3.8, 4) is 11.5 Å². The maximum atomic E-state index is 12.9. The molecule has 4 heteroatoms. The van der Waals surface area contributed by atoms with Gasteiger partial charge in [-0.05, 0) is 42.8 Å². The van der Waals surface area contributed by atoms with Gasteiger partial charge in [0, 0.05) is 36.0 Å². The second-order valence-electron chi connectivity index (χ2n) is 8.74. The third-order valence-corrected chi connectivity index (χ3v) is 6.58. The van der Waals surface area contributed by atoms with Gasteiger partial charge in [0.05, 0.1) is 5.56 Å². The molecule has 4 nitrogen and oxygen atoms in total. The van der Waals surface area contributed by atoms with Crippen molar-refractivity contribution in [1.29, 1.82) is 0 Å². The molecule has 33 heavy (non-hydrogen) atoms. The first kappa shape index (κ1) is 19.6. The zero-order valence-corrected chi connectivity index (χ0v) is 18.5. The van der Waals surface area contributed by atoms with Crippen LogP contribution in [0, 0.1) is 6.92 Å². The highest BCUT2D eigenvalue weighted by Gasteiger charge is 2.53. The molecule has 0 amide bonds. The highest BCUT2D eigenvalue weighted by molar-refractivity contribution is 5.97. The Morgan fingerprint density at radius 1 is 0.788 bits per heavy atom. The summed E-state index contributed by atoms with van der Waals surface area (Å²) in [6, 6.07) is 30.1. The van der Waals surface area contributed by atoms with Crippen LogP contribution in [-0.2, 0) is 16.9 Å². The number of esters is 1. The van der Waals surface area contributed by atoms with E-state index in [-0.39, 0.29) is 5.97 Å². The van der Waals surface area contributed by atoms with E-state index >= 15 is 0 Å². The number of nitrogens with zero attached hydrogens (tertiary/aromatic N) is 1. The molecule has 6 rings (SSSR count). The normalized spacial score (nSPS) is 17.6. The Morgan fingerprint density at radius 2 is 1.48 bits per heavy atom. The number of carbonyl (C=O) groups is 1. The van der Waals surface area contributed by atoms with Crippen LogP contribution in [0.15, 0.2) is 91.0 Å². The summed E-state index contributed by atoms with van der Waals surface area (Å²) in [6.07, 6.45) is 0. The third-order valence-electron chi connectivity index (χ3n) is 6.58. The number of carbonyl (C=O) groups excluding carboxylic acids is 1. The number of ether oxygens (including phenoxy) is 2. The summed E-state index contributed by atoms with van der Waals surface area (Å²) in [4.78, 5) is 15.1. The lowest BCUT2D eigenvalue weighted by Gasteiger charge is -2.36. The van der Waals surface area contributed by atoms with Crippen molar-refractivity contribution in [2.75, 3.05) is 11.9 Å². The molecule has 2 heterocycles. The van der Waals surface area contributed by atoms with E-state index in [2.05, 4.69) is 55.3 Å². The van der Waals surface area contributed by atoms with Gasteiger partial charge >= 0.3 is 5.97 Å². The minimum Gasteiger partial charge on any atom is -0.456 e. The number of benzene rings is 4. The van der Waals surface area contributed by atoms with E-state index in [1.807, 2.05) is 54.6 Å². The summed E-state index contributed by atoms with van der Waals surface area (Å²) in [5.41, 5.74) is 5.66. The quantitative estimate of drug-likeness (QED) is 0.361. The van der Waals surface area contributed by atoms with Crippen molar-refractivity contribution in [1.82, 2.24) is 0 Å². The Hall–Kier alpha value is -4.05. The zero-order chi connectivity index (χ0) is 22.6. The van der Waals surface area contributed by atoms with Crippen LogP contribution in [0.25, 0.3) is 0 Å². The number of fused-ring (bicyclic) bond motifs is 6. The lowest BCUT2D eigenvalue weighted by molar-refractivity contribution is 0.0224. The Balaban J connectivity index is 1.45. The second-order valence-corrected chi connectivity index (χ2v) is 8.74. The van der Waals surface area contributed by atoms with Crippen LogP contribution in [0.3, 0.4) is 0 Å². The van der Waals surface area contributed by atoms with Gasteiger partial charge in [-0.3, -0.25) is 0 Å². The van der Waals surface area contributed by atoms with E-state index in [1.165, 1.54) is 5.56 Å². The summed E-state index contributed by atoms with van der Waals surface area (Å²) in [6.45, 7) is 2.82. The standard InChI is InChI=1S/C29H23NO3/c1-19-11-14-21(15-12-19)30(2)18-20-13-16-25-27(17-20)32-26-10-6-5-9-24(26)29(25)23-8-4-3-7-22(23)28(31)33-29/h3-17H,18H2,1-2H3. The van der Waals surface area contributed by atoms with Gasteiger partial charge in [-0.2, -0.15) is 0 Å². The molecule has 0 saturated heterocycles. The molecule has 1 atom stereocenters. The maximum absolute atomic E-state index is 12.9. The van der Waals surface area contributed by atoms with Gasteiger partial charge in [0.1, 0.15) is 11.5 Å². The van der Waals surface area contributed by atoms with E-state index in [0.29, 0.717) is 17.1 Å². The average Bonchev–Trinajstić information content (AvgIpc) is 3.13. The lowest BCUT2D eigenvalue weighted by atomic mass is 9.77. The molecule has 0 fully saturated rings. The predicted octanol–water partition coefficient (Wildman–Crippen LogP) is 6.20. The van der Waals surface area contributed by atoms with Crippen molar-refractivity contribution < 1.29 is 14.3 Å². The van der Waals surface area contributed by atoms with Crippen molar-refractivity contribution in [3.63, 3.8) is 0 Å². The van der Waals surface area contributed by atoms with E-state index in [9.17, 15) is 4.79 Å². The summed E-state index contributed by atoms with van der Waals surface area (Å²) < 4.78 is 12.5. The van der Waals surface area contributed by atoms with E-state index < -0.39 is 5.60 Å². The SMILES string of the molecule is Cc1ccc(N(C)Cc2ccc3c(c2)Oc2ccccc2C32OC(=O)c3ccccc32)cc1. The van der Waals surface area contributed by atoms with Crippen molar-refractivity contribution >= 4 is 11.7 Å². The Labute approximate surface area is 193 Å². The number of hydrogen-bond donors (Lipinski definition) is 0. The number of rotatable bonds is 3. The van der Waals surface area contributed by atoms with Gasteiger partial charge in [-0.1, -0.05) is 66.2 Å². The highest BCUT2D eigenvalue weighted by atomic mass is 16.6. The van der Waals surface area contributed by atoms with Crippen molar-refractivity contribution in [3.05, 3.63) is 124 Å². The Kier molecular flexibility index (Phi) is 4.31. The van der Waals surface area contributed by atoms with Crippen LogP contribution in [0.2, 0.25) is 0 Å². The molecule has 1 spiro atoms. The van der Waals surface area contributed by atoms with Crippen LogP contribution in [0.5, 0.6) is 11.5 Å². The first-order chi connectivity index (χ1) is 16.1. The fourth-order valence-electron chi connectivity index (χ4n) is 4.93. The predicted molar refractivity (Wildman–Crippen MR) is 128 cm³/mol. The van der Waals surface area contributed by atoms with Crippen molar-refractivity contribution in [2.24, 2.45) is 0 Å². The van der Waals surface area contributed by atoms with Gasteiger partial charge in [0.15, 0.2) is 5.60 Å². The molecular formula is C29H23NO3. The van der Waals surface area contributed by atoms with Gasteiger partial charge in [-0.25, -0.2) is 4.79 Å². The molecular weight excluding hydrogens is 410 g/mol. The fourth-order valence-corrected chi connectivity index (χ4v) is 4.93. The van der Waals surface area contributed by atoms with Gasteiger partial charge < -0.3 is 14.4 Å². The number of para-hydroxylation sites is 1. The van der Waals surface area contributed by atoms with E-state index in [0.717, 1.165) is 34.5 Å². The molecule has 2 aliphatic rings. The van der Waals surface area contributed by atoms with E-state index in [4.69, 9.17) is 9.47 Å². The lowest BCUT2D eigenvalue weighted by Crippen LogP contribution is -2.33. The van der Waals surface area contributed by atoms with Crippen LogP contribution in [-0.4, -0.2) is 13.0 Å². The summed E-state index contributed by atoms with van der Waals surface area (Å²) in [5, 5.41) is 0. The molecule has 0 N–H and O–H groups in total. The first-order valence-electron chi connectivity index (χ1n) is 11.1. The fraction of sp³-hybridized carbons (Fsp3) is 0.138. The zero-order valence-electron chi connectivity index (χ0n) is 18.5. The topological polar surface area (TPSA) is 38.8 Å². The number of hydrogen-bond acceptors (Lipinski definition) is 4. The minimum absolute atomic E-state index is 0.309. The molecule has 2 aliphatic heterocycles. The Morgan fingerprint density at radius 3 is 2.30 bits per heavy atom. The molecule has 4 aromatic carbocycles. The molecule has 0 aliphatic carbocycles. The maximum Gasteiger partial charge on any atom is 0.340 e. The van der Waals surface area contributed by atoms with Gasteiger partial charge in [0.25, 0.3) is 0 Å². The second kappa shape index (κ2) is 7.24. The molecule has 0 bridgehead atoms. The molecule has 162 valence electrons. The van der Waals surface area contributed by atoms with E-state index in [1.54, 1.807) is 0 Å². The molecule has 4 aromatic rings. The minimum atomic E-state index is -1.00. The molecule has 0 radical (unpaired) electrons. The van der Waals surface area contributed by atoms with Gasteiger partial charge in [-0.15, -0.1) is 0 Å². The largest absolute Gasteiger partial charge is 0.456 e. The summed E-state index contributed by atoms with van der Waals surface area (Å²) >= 11 is 0. The van der Waals surface area contributed by atoms with Gasteiger partial charge in [0.2, 0.25) is 0 Å². The van der Waals surface area contributed by atoms with Crippen LogP contribution >= 0.6 is 0 Å².